The molecule has 1 N–H and O–H groups in total. The van der Waals surface area contributed by atoms with Gasteiger partial charge in [0.05, 0.1) is 24.0 Å². The highest BCUT2D eigenvalue weighted by atomic mass is 32.2. The number of hydrogen-bond acceptors (Lipinski definition) is 5. The first-order chi connectivity index (χ1) is 11.6. The molecule has 0 amide bonds. The molecule has 5 nitrogen and oxygen atoms in total. The van der Waals surface area contributed by atoms with Crippen LogP contribution in [0.4, 0.5) is 11.4 Å². The summed E-state index contributed by atoms with van der Waals surface area (Å²) in [6.07, 6.45) is 0. The molecule has 0 radical (unpaired) electrons. The lowest BCUT2D eigenvalue weighted by molar-refractivity contribution is 0.0697. The van der Waals surface area contributed by atoms with Gasteiger partial charge in [0.15, 0.2) is 0 Å². The molecule has 2 aromatic carbocycles. The fraction of sp³-hybridized carbons (Fsp3) is 0.278. The zero-order valence-corrected chi connectivity index (χ0v) is 16.6. The van der Waals surface area contributed by atoms with E-state index in [-0.39, 0.29) is 13.5 Å². The summed E-state index contributed by atoms with van der Waals surface area (Å²) in [7, 11) is 3.67. The second-order valence-electron chi connectivity index (χ2n) is 5.02. The van der Waals surface area contributed by atoms with Crippen LogP contribution in [-0.4, -0.2) is 29.5 Å². The number of benzene rings is 2. The van der Waals surface area contributed by atoms with Crippen LogP contribution in [0.25, 0.3) is 0 Å². The third-order valence-electron chi connectivity index (χ3n) is 3.40. The van der Waals surface area contributed by atoms with Crippen molar-refractivity contribution < 1.29 is 14.6 Å². The second kappa shape index (κ2) is 9.60. The van der Waals surface area contributed by atoms with Crippen LogP contribution in [-0.2, 0) is 6.54 Å². The second-order valence-corrected chi connectivity index (χ2v) is 6.17. The number of ether oxygens (including phenoxy) is 1. The molecule has 0 unspecified atom stereocenters. The van der Waals surface area contributed by atoms with Crippen molar-refractivity contribution in [3.63, 3.8) is 0 Å². The fourth-order valence-electron chi connectivity index (χ4n) is 2.20. The maximum atomic E-state index is 10.8. The van der Waals surface area contributed by atoms with E-state index in [1.54, 1.807) is 31.4 Å². The average molecular weight is 381 g/mol. The Labute approximate surface area is 160 Å². The molecule has 3 rings (SSSR count). The highest BCUT2D eigenvalue weighted by Crippen LogP contribution is 2.54. The van der Waals surface area contributed by atoms with Crippen LogP contribution < -0.4 is 9.04 Å². The van der Waals surface area contributed by atoms with E-state index in [9.17, 15) is 4.79 Å². The van der Waals surface area contributed by atoms with Gasteiger partial charge in [-0.05, 0) is 36.9 Å². The number of rotatable bonds is 6. The number of hydrogen-bond donors (Lipinski definition) is 1. The van der Waals surface area contributed by atoms with E-state index >= 15 is 0 Å². The number of carbonyl (C=O) groups is 1. The molecule has 0 atom stereocenters. The number of anilines is 2. The van der Waals surface area contributed by atoms with Crippen molar-refractivity contribution in [2.45, 2.75) is 20.4 Å². The van der Waals surface area contributed by atoms with Gasteiger partial charge in [0.2, 0.25) is 0 Å². The number of aromatic carboxylic acids is 1. The Hall–Kier alpha value is -1.83. The molecule has 0 saturated carbocycles. The van der Waals surface area contributed by atoms with Crippen molar-refractivity contribution in [2.75, 3.05) is 18.5 Å². The van der Waals surface area contributed by atoms with E-state index in [0.717, 1.165) is 23.5 Å². The van der Waals surface area contributed by atoms with Crippen molar-refractivity contribution in [1.29, 1.82) is 0 Å². The molecule has 25 heavy (non-hydrogen) atoms. The summed E-state index contributed by atoms with van der Waals surface area (Å²) < 4.78 is 9.44. The Morgan fingerprint density at radius 3 is 2.36 bits per heavy atom. The van der Waals surface area contributed by atoms with Crippen LogP contribution in [0.2, 0.25) is 0 Å². The number of carboxylic acid groups (broad SMARTS) is 1. The van der Waals surface area contributed by atoms with E-state index in [2.05, 4.69) is 8.61 Å². The summed E-state index contributed by atoms with van der Waals surface area (Å²) in [5, 5.41) is 8.90. The molecular weight excluding hydrogens is 356 g/mol. The Morgan fingerprint density at radius 1 is 1.16 bits per heavy atom. The van der Waals surface area contributed by atoms with Crippen LogP contribution in [0.3, 0.4) is 0 Å². The summed E-state index contributed by atoms with van der Waals surface area (Å²) in [5.74, 6) is -0.0449. The summed E-state index contributed by atoms with van der Waals surface area (Å²) in [6.45, 7) is 4.73. The first kappa shape index (κ1) is 21.2. The van der Waals surface area contributed by atoms with E-state index < -0.39 is 5.97 Å². The minimum atomic E-state index is -0.900. The van der Waals surface area contributed by atoms with Gasteiger partial charge in [-0.2, -0.15) is 13.5 Å². The molecule has 2 aromatic rings. The molecule has 0 bridgehead atoms. The van der Waals surface area contributed by atoms with Gasteiger partial charge in [0.1, 0.15) is 5.75 Å². The monoisotopic (exact) mass is 380 g/mol. The van der Waals surface area contributed by atoms with Crippen molar-refractivity contribution in [1.82, 2.24) is 4.31 Å². The van der Waals surface area contributed by atoms with E-state index in [0.29, 0.717) is 5.56 Å². The molecule has 0 fully saturated rings. The Kier molecular flexibility index (Phi) is 8.15. The third-order valence-corrected chi connectivity index (χ3v) is 4.36. The Balaban J connectivity index is 0.00000101. The van der Waals surface area contributed by atoms with Crippen LogP contribution >= 0.6 is 25.6 Å². The van der Waals surface area contributed by atoms with Crippen LogP contribution in [0.1, 0.15) is 29.8 Å². The molecule has 1 heterocycles. The normalized spacial score (nSPS) is 11.0. The molecule has 1 aliphatic rings. The van der Waals surface area contributed by atoms with Crippen LogP contribution in [0, 0.1) is 0 Å². The van der Waals surface area contributed by atoms with Gasteiger partial charge in [-0.3, -0.25) is 4.31 Å². The lowest BCUT2D eigenvalue weighted by Gasteiger charge is -2.15. The summed E-state index contributed by atoms with van der Waals surface area (Å²) in [6, 6.07) is 13.0. The molecular formula is C18H24N2O3S2. The zero-order valence-electron chi connectivity index (χ0n) is 14.8. The number of fused-ring (bicyclic) bond motifs is 1. The highest BCUT2D eigenvalue weighted by Gasteiger charge is 2.31. The van der Waals surface area contributed by atoms with Gasteiger partial charge in [0.25, 0.3) is 0 Å². The molecule has 0 aliphatic carbocycles. The van der Waals surface area contributed by atoms with E-state index in [4.69, 9.17) is 9.84 Å². The smallest absolute Gasteiger partial charge is 0.335 e. The first-order valence-electron chi connectivity index (χ1n) is 7.78. The fourth-order valence-corrected chi connectivity index (χ4v) is 3.12. The molecule has 7 heteroatoms. The van der Waals surface area contributed by atoms with Crippen molar-refractivity contribution in [3.05, 3.63) is 53.6 Å². The van der Waals surface area contributed by atoms with Crippen LogP contribution in [0.5, 0.6) is 5.75 Å². The Bertz CT molecular complexity index is 708. The van der Waals surface area contributed by atoms with Gasteiger partial charge in [-0.25, -0.2) is 9.10 Å². The van der Waals surface area contributed by atoms with Gasteiger partial charge < -0.3 is 9.84 Å². The first-order valence-corrected chi connectivity index (χ1v) is 8.51. The molecule has 0 spiro atoms. The summed E-state index contributed by atoms with van der Waals surface area (Å²) in [5.41, 5.74) is 3.74. The number of carboxylic acids is 1. The van der Waals surface area contributed by atoms with E-state index in [1.165, 1.54) is 5.69 Å². The molecule has 136 valence electrons. The molecule has 0 saturated heterocycles. The quantitative estimate of drug-likeness (QED) is 0.580. The largest absolute Gasteiger partial charge is 0.497 e. The molecule has 0 aromatic heterocycles. The minimum Gasteiger partial charge on any atom is -0.497 e. The maximum absolute atomic E-state index is 10.8. The average Bonchev–Trinajstić information content (AvgIpc) is 3.28. The number of methoxy groups -OCH3 is 1. The maximum Gasteiger partial charge on any atom is 0.335 e. The minimum absolute atomic E-state index is 0. The van der Waals surface area contributed by atoms with Gasteiger partial charge in [-0.15, -0.1) is 0 Å². The van der Waals surface area contributed by atoms with Gasteiger partial charge >= 0.3 is 5.97 Å². The predicted molar refractivity (Wildman–Crippen MR) is 109 cm³/mol. The summed E-state index contributed by atoms with van der Waals surface area (Å²) >= 11 is 1.61. The highest BCUT2D eigenvalue weighted by molar-refractivity contribution is 7.99. The van der Waals surface area contributed by atoms with Gasteiger partial charge in [0, 0.05) is 24.7 Å². The molecule has 1 aliphatic heterocycles. The standard InChI is InChI=1S/C16H16N2O3S.C2H6.H2S/c1-17(10-11-3-5-12(6-4-11)16(19)20)22-18-14-8-7-13(21-2)9-15(14)18;1-2;/h3-9H,10H2,1-2H3,(H,19,20);1-2H3;1H2. The lowest BCUT2D eigenvalue weighted by Crippen LogP contribution is -2.12. The predicted octanol–water partition coefficient (Wildman–Crippen LogP) is 4.68. The van der Waals surface area contributed by atoms with Crippen LogP contribution in [0.15, 0.2) is 42.5 Å². The number of nitrogens with zero attached hydrogens (tertiary/aromatic N) is 2. The van der Waals surface area contributed by atoms with Crippen molar-refractivity contribution in [3.8, 4) is 5.75 Å². The SMILES string of the molecule is CC.COc1ccc2c(c1)N2SN(C)Cc1ccc(C(=O)O)cc1.S. The zero-order chi connectivity index (χ0) is 17.7. The lowest BCUT2D eigenvalue weighted by atomic mass is 10.1. The van der Waals surface area contributed by atoms with Crippen molar-refractivity contribution in [2.24, 2.45) is 0 Å². The summed E-state index contributed by atoms with van der Waals surface area (Å²) in [4.78, 5) is 10.8. The topological polar surface area (TPSA) is 52.8 Å². The van der Waals surface area contributed by atoms with Gasteiger partial charge in [-0.1, -0.05) is 26.0 Å². The van der Waals surface area contributed by atoms with Crippen molar-refractivity contribution >= 4 is 43.0 Å². The van der Waals surface area contributed by atoms with E-state index in [1.807, 2.05) is 51.2 Å². The Morgan fingerprint density at radius 2 is 1.80 bits per heavy atom. The third kappa shape index (κ3) is 5.32.